The molecular formula is H4FeMgMnSeZn. The van der Waals surface area contributed by atoms with E-state index >= 15 is 0 Å². The first-order valence-corrected chi connectivity index (χ1v) is 0. The van der Waals surface area contributed by atoms with Crippen molar-refractivity contribution in [3.05, 3.63) is 0 Å². The zero-order chi connectivity index (χ0) is 0. The number of hydrogen-bond donors (Lipinski definition) is 0. The summed E-state index contributed by atoms with van der Waals surface area (Å²) in [6, 6.07) is 0. The SMILES string of the molecule is [Fe].[H-].[H-].[Mg+2].[Mn].[SeH2].[Zn]. The molecule has 0 fully saturated rings. The van der Waals surface area contributed by atoms with E-state index in [0.29, 0.717) is 0 Å². The summed E-state index contributed by atoms with van der Waals surface area (Å²) in [7, 11) is 0. The summed E-state index contributed by atoms with van der Waals surface area (Å²) in [5, 5.41) is 0. The Morgan fingerprint density at radius 3 is 1.20 bits per heavy atom. The molecule has 0 atom stereocenters. The molecule has 5 heteroatoms. The summed E-state index contributed by atoms with van der Waals surface area (Å²) in [4.78, 5) is 0. The minimum absolute atomic E-state index is 0. The van der Waals surface area contributed by atoms with Gasteiger partial charge in [0.15, 0.2) is 0 Å². The average Bonchev–Trinajstić information content (AvgIpc) is 0. The zero-order valence-electron chi connectivity index (χ0n) is 4.65. The Kier molecular flexibility index (Phi) is 250. The van der Waals surface area contributed by atoms with E-state index in [1.165, 1.54) is 0 Å². The third-order valence-electron chi connectivity index (χ3n) is 0. The molecule has 0 aromatic heterocycles. The van der Waals surface area contributed by atoms with Crippen molar-refractivity contribution in [1.29, 1.82) is 0 Å². The van der Waals surface area contributed by atoms with Crippen molar-refractivity contribution < 1.29 is 56.5 Å². The fraction of sp³-hybridized carbons (Fsp3) is 0. The molecule has 29 valence electrons. The van der Waals surface area contributed by atoms with Gasteiger partial charge in [0.2, 0.25) is 0 Å². The Bertz CT molecular complexity index is 17.7. The second-order valence-electron chi connectivity index (χ2n) is 0. The van der Waals surface area contributed by atoms with Gasteiger partial charge in [-0.2, -0.15) is 0 Å². The normalized spacial score (nSPS) is 0. The van der Waals surface area contributed by atoms with Crippen molar-refractivity contribution in [1.82, 2.24) is 0 Å². The first kappa shape index (κ1) is 44.1. The quantitative estimate of drug-likeness (QED) is 0.496. The average molecular weight is 283 g/mol. The van der Waals surface area contributed by atoms with Crippen LogP contribution >= 0.6 is 0 Å². The molecule has 0 N–H and O–H groups in total. The Hall–Kier alpha value is 2.95. The van der Waals surface area contributed by atoms with Crippen LogP contribution in [0, 0.1) is 0 Å². The molecule has 0 bridgehead atoms. The molecule has 0 aliphatic rings. The third kappa shape index (κ3) is 19.6. The molecule has 0 saturated carbocycles. The second kappa shape index (κ2) is 28.3. The molecule has 0 aromatic rings. The van der Waals surface area contributed by atoms with E-state index in [1.54, 1.807) is 0 Å². The minimum atomic E-state index is 0. The first-order valence-electron chi connectivity index (χ1n) is 0. The maximum atomic E-state index is 0. The Morgan fingerprint density at radius 1 is 1.20 bits per heavy atom. The van der Waals surface area contributed by atoms with Gasteiger partial charge >= 0.3 is 40.1 Å². The van der Waals surface area contributed by atoms with Crippen LogP contribution in [0.1, 0.15) is 2.85 Å². The Balaban J connectivity index is 0. The van der Waals surface area contributed by atoms with Crippen LogP contribution in [0.4, 0.5) is 0 Å². The van der Waals surface area contributed by atoms with Crippen LogP contribution in [0.15, 0.2) is 0 Å². The van der Waals surface area contributed by atoms with E-state index < -0.39 is 0 Å². The van der Waals surface area contributed by atoms with Crippen molar-refractivity contribution >= 4 is 40.1 Å². The summed E-state index contributed by atoms with van der Waals surface area (Å²) in [5.74, 6) is 0. The smallest absolute Gasteiger partial charge is 0 e. The third-order valence-corrected chi connectivity index (χ3v) is 0. The first-order chi connectivity index (χ1) is 0. The molecule has 0 unspecified atom stereocenters. The molecule has 0 aliphatic heterocycles. The Morgan fingerprint density at radius 2 is 1.20 bits per heavy atom. The predicted octanol–water partition coefficient (Wildman–Crippen LogP) is -1.08. The second-order valence-corrected chi connectivity index (χ2v) is 0. The van der Waals surface area contributed by atoms with Gasteiger partial charge in [-0.25, -0.2) is 0 Å². The molecule has 5 heavy (non-hydrogen) atoms. The molecule has 0 spiro atoms. The van der Waals surface area contributed by atoms with Gasteiger partial charge in [0.1, 0.15) is 0 Å². The van der Waals surface area contributed by atoms with Crippen molar-refractivity contribution in [2.24, 2.45) is 0 Å². The molecule has 0 rings (SSSR count). The van der Waals surface area contributed by atoms with Gasteiger partial charge < -0.3 is 2.85 Å². The molecule has 0 heterocycles. The zero-order valence-corrected chi connectivity index (χ0v) is 11.4. The van der Waals surface area contributed by atoms with Gasteiger partial charge in [-0.15, -0.1) is 0 Å². The largest absolute Gasteiger partial charge is 0 e. The fourth-order valence-electron chi connectivity index (χ4n) is 0. The van der Waals surface area contributed by atoms with Crippen LogP contribution in [0.5, 0.6) is 0 Å². The fourth-order valence-corrected chi connectivity index (χ4v) is 0. The molecule has 1 radical (unpaired) electrons. The molecular weight excluding hydrogens is 279 g/mol. The minimum Gasteiger partial charge on any atom is 0 e. The molecule has 0 aromatic carbocycles. The van der Waals surface area contributed by atoms with E-state index in [2.05, 4.69) is 0 Å². The maximum absolute atomic E-state index is 0. The topological polar surface area (TPSA) is 0 Å². The molecule has 0 nitrogen and oxygen atoms in total. The van der Waals surface area contributed by atoms with Crippen LogP contribution < -0.4 is 0 Å². The van der Waals surface area contributed by atoms with E-state index in [-0.39, 0.29) is 96.6 Å². The summed E-state index contributed by atoms with van der Waals surface area (Å²) in [6.07, 6.45) is 0. The van der Waals surface area contributed by atoms with E-state index in [0.717, 1.165) is 0 Å². The van der Waals surface area contributed by atoms with Crippen LogP contribution in [0.25, 0.3) is 0 Å². The van der Waals surface area contributed by atoms with Gasteiger partial charge in [0.05, 0.1) is 0 Å². The standard InChI is InChI=1S/Fe.Mg.Mn.H2Se.Zn.2H/h;;;1H2;;;/q;+2;;;;2*-1. The van der Waals surface area contributed by atoms with Crippen LogP contribution in [0.2, 0.25) is 0 Å². The van der Waals surface area contributed by atoms with E-state index in [4.69, 9.17) is 0 Å². The van der Waals surface area contributed by atoms with Crippen LogP contribution in [0.3, 0.4) is 0 Å². The van der Waals surface area contributed by atoms with E-state index in [9.17, 15) is 0 Å². The van der Waals surface area contributed by atoms with Crippen molar-refractivity contribution in [3.63, 3.8) is 0 Å². The summed E-state index contributed by atoms with van der Waals surface area (Å²) < 4.78 is 0. The van der Waals surface area contributed by atoms with E-state index in [1.807, 2.05) is 0 Å². The van der Waals surface area contributed by atoms with Gasteiger partial charge in [-0.3, -0.25) is 0 Å². The number of hydrogen-bond acceptors (Lipinski definition) is 0. The molecule has 0 saturated heterocycles. The van der Waals surface area contributed by atoms with Gasteiger partial charge in [-0.1, -0.05) is 0 Å². The van der Waals surface area contributed by atoms with Crippen LogP contribution in [-0.4, -0.2) is 40.1 Å². The van der Waals surface area contributed by atoms with Crippen molar-refractivity contribution in [2.45, 2.75) is 0 Å². The van der Waals surface area contributed by atoms with Gasteiger partial charge in [0, 0.05) is 53.6 Å². The number of rotatable bonds is 0. The summed E-state index contributed by atoms with van der Waals surface area (Å²) in [5.41, 5.74) is 0. The Labute approximate surface area is 95.3 Å². The molecule has 0 amide bonds. The summed E-state index contributed by atoms with van der Waals surface area (Å²) in [6.45, 7) is 0. The summed E-state index contributed by atoms with van der Waals surface area (Å²) >= 11 is 0. The van der Waals surface area contributed by atoms with Crippen molar-refractivity contribution in [3.8, 4) is 0 Å². The molecule has 0 aliphatic carbocycles. The van der Waals surface area contributed by atoms with Crippen LogP contribution in [-0.2, 0) is 53.6 Å². The monoisotopic (exact) mass is 283 g/mol. The van der Waals surface area contributed by atoms with Gasteiger partial charge in [-0.05, 0) is 0 Å². The van der Waals surface area contributed by atoms with Gasteiger partial charge in [0.25, 0.3) is 0 Å². The predicted molar refractivity (Wildman–Crippen MR) is 16.5 cm³/mol. The van der Waals surface area contributed by atoms with Crippen molar-refractivity contribution in [2.75, 3.05) is 0 Å². The maximum Gasteiger partial charge on any atom is 0 e.